The SMILES string of the molecule is CC(C)[C@H](NC(=O)N1CC(=O)Nc2ccccc21)C(=O)N[C@@H](CO)C(=O)[O-]. The molecule has 0 saturated heterocycles. The lowest BCUT2D eigenvalue weighted by molar-refractivity contribution is -0.309. The molecule has 4 N–H and O–H groups in total. The molecule has 0 fully saturated rings. The maximum Gasteiger partial charge on any atom is 0.323 e. The van der Waals surface area contributed by atoms with Gasteiger partial charge in [-0.05, 0) is 18.1 Å². The lowest BCUT2D eigenvalue weighted by Gasteiger charge is -2.32. The van der Waals surface area contributed by atoms with E-state index in [2.05, 4.69) is 16.0 Å². The average molecular weight is 377 g/mol. The number of carbonyl (C=O) groups is 4. The molecule has 0 bridgehead atoms. The van der Waals surface area contributed by atoms with E-state index in [1.807, 2.05) is 0 Å². The van der Waals surface area contributed by atoms with Crippen molar-refractivity contribution in [2.45, 2.75) is 25.9 Å². The second-order valence-corrected chi connectivity index (χ2v) is 6.39. The Labute approximate surface area is 155 Å². The molecule has 1 aromatic carbocycles. The highest BCUT2D eigenvalue weighted by molar-refractivity contribution is 6.10. The number of carbonyl (C=O) groups excluding carboxylic acids is 4. The fourth-order valence-electron chi connectivity index (χ4n) is 2.60. The van der Waals surface area contributed by atoms with Gasteiger partial charge in [-0.2, -0.15) is 0 Å². The van der Waals surface area contributed by atoms with Crippen molar-refractivity contribution >= 4 is 35.2 Å². The molecule has 0 unspecified atom stereocenters. The van der Waals surface area contributed by atoms with Gasteiger partial charge in [0.25, 0.3) is 0 Å². The van der Waals surface area contributed by atoms with Crippen molar-refractivity contribution in [3.63, 3.8) is 0 Å². The molecule has 10 nitrogen and oxygen atoms in total. The molecule has 146 valence electrons. The highest BCUT2D eigenvalue weighted by Crippen LogP contribution is 2.28. The number of benzene rings is 1. The minimum Gasteiger partial charge on any atom is -0.548 e. The Hall–Kier alpha value is -3.14. The van der Waals surface area contributed by atoms with Gasteiger partial charge in [0, 0.05) is 0 Å². The quantitative estimate of drug-likeness (QED) is 0.469. The van der Waals surface area contributed by atoms with Gasteiger partial charge in [0.1, 0.15) is 12.6 Å². The first kappa shape index (κ1) is 20.2. The molecule has 4 amide bonds. The number of carboxylic acids is 1. The van der Waals surface area contributed by atoms with Crippen molar-refractivity contribution in [1.82, 2.24) is 10.6 Å². The predicted molar refractivity (Wildman–Crippen MR) is 93.6 cm³/mol. The molecule has 27 heavy (non-hydrogen) atoms. The van der Waals surface area contributed by atoms with Crippen molar-refractivity contribution in [3.8, 4) is 0 Å². The maximum atomic E-state index is 12.7. The first-order valence-corrected chi connectivity index (χ1v) is 8.33. The molecule has 0 spiro atoms. The van der Waals surface area contributed by atoms with E-state index in [-0.39, 0.29) is 18.4 Å². The minimum atomic E-state index is -1.64. The summed E-state index contributed by atoms with van der Waals surface area (Å²) in [4.78, 5) is 49.0. The van der Waals surface area contributed by atoms with Crippen molar-refractivity contribution in [2.24, 2.45) is 5.92 Å². The Morgan fingerprint density at radius 1 is 1.26 bits per heavy atom. The number of para-hydroxylation sites is 2. The van der Waals surface area contributed by atoms with Gasteiger partial charge in [-0.3, -0.25) is 14.5 Å². The molecular weight excluding hydrogens is 356 g/mol. The Morgan fingerprint density at radius 2 is 1.93 bits per heavy atom. The van der Waals surface area contributed by atoms with Crippen molar-refractivity contribution in [2.75, 3.05) is 23.4 Å². The number of urea groups is 1. The van der Waals surface area contributed by atoms with Crippen molar-refractivity contribution in [1.29, 1.82) is 0 Å². The second-order valence-electron chi connectivity index (χ2n) is 6.39. The fraction of sp³-hybridized carbons (Fsp3) is 0.412. The highest BCUT2D eigenvalue weighted by atomic mass is 16.4. The maximum absolute atomic E-state index is 12.7. The van der Waals surface area contributed by atoms with Crippen LogP contribution in [0.25, 0.3) is 0 Å². The normalized spacial score (nSPS) is 15.4. The zero-order valence-electron chi connectivity index (χ0n) is 14.9. The Balaban J connectivity index is 2.17. The predicted octanol–water partition coefficient (Wildman–Crippen LogP) is -1.59. The third kappa shape index (κ3) is 4.73. The van der Waals surface area contributed by atoms with E-state index in [9.17, 15) is 24.3 Å². The smallest absolute Gasteiger partial charge is 0.323 e. The van der Waals surface area contributed by atoms with Gasteiger partial charge in [0.15, 0.2) is 0 Å². The zero-order valence-corrected chi connectivity index (χ0v) is 14.9. The lowest BCUT2D eigenvalue weighted by atomic mass is 10.0. The summed E-state index contributed by atoms with van der Waals surface area (Å²) >= 11 is 0. The minimum absolute atomic E-state index is 0.229. The number of carboxylic acid groups (broad SMARTS) is 1. The van der Waals surface area contributed by atoms with Gasteiger partial charge in [0.05, 0.1) is 30.0 Å². The molecule has 1 aliphatic rings. The largest absolute Gasteiger partial charge is 0.548 e. The number of aliphatic hydroxyl groups is 1. The summed E-state index contributed by atoms with van der Waals surface area (Å²) in [6.45, 7) is 2.25. The number of aliphatic hydroxyl groups excluding tert-OH is 1. The molecule has 1 heterocycles. The van der Waals surface area contributed by atoms with E-state index in [0.717, 1.165) is 0 Å². The van der Waals surface area contributed by atoms with Gasteiger partial charge in [-0.25, -0.2) is 4.79 Å². The number of amides is 4. The van der Waals surface area contributed by atoms with Crippen molar-refractivity contribution in [3.05, 3.63) is 24.3 Å². The topological polar surface area (TPSA) is 151 Å². The molecule has 1 aromatic rings. The standard InChI is InChI=1S/C17H22N4O6/c1-9(2)14(15(24)19-11(8-22)16(25)26)20-17(27)21-7-13(23)18-10-5-3-4-6-12(10)21/h3-6,9,11,14,22H,7-8H2,1-2H3,(H,18,23)(H,19,24)(H,20,27)(H,25,26)/p-1/t11-,14-/m0/s1. The van der Waals surface area contributed by atoms with Crippen LogP contribution in [0.4, 0.5) is 16.2 Å². The molecule has 10 heteroatoms. The summed E-state index contributed by atoms with van der Waals surface area (Å²) in [5, 5.41) is 27.2. The first-order valence-electron chi connectivity index (χ1n) is 8.33. The van der Waals surface area contributed by atoms with Gasteiger partial charge >= 0.3 is 6.03 Å². The van der Waals surface area contributed by atoms with Gasteiger partial charge in [-0.15, -0.1) is 0 Å². The number of hydrogen-bond donors (Lipinski definition) is 4. The fourth-order valence-corrected chi connectivity index (χ4v) is 2.60. The first-order chi connectivity index (χ1) is 12.7. The molecule has 0 radical (unpaired) electrons. The number of anilines is 2. The number of rotatable bonds is 6. The zero-order chi connectivity index (χ0) is 20.1. The van der Waals surface area contributed by atoms with Crippen LogP contribution in [0.2, 0.25) is 0 Å². The third-order valence-corrected chi connectivity index (χ3v) is 4.03. The Morgan fingerprint density at radius 3 is 2.52 bits per heavy atom. The van der Waals surface area contributed by atoms with Crippen LogP contribution in [0.5, 0.6) is 0 Å². The molecule has 0 saturated carbocycles. The molecule has 0 aromatic heterocycles. The van der Waals surface area contributed by atoms with Crippen LogP contribution >= 0.6 is 0 Å². The van der Waals surface area contributed by atoms with Gasteiger partial charge in [0.2, 0.25) is 11.8 Å². The summed E-state index contributed by atoms with van der Waals surface area (Å²) in [6.07, 6.45) is 0. The van der Waals surface area contributed by atoms with Crippen molar-refractivity contribution < 1.29 is 29.4 Å². The van der Waals surface area contributed by atoms with Gasteiger partial charge in [-0.1, -0.05) is 26.0 Å². The van der Waals surface area contributed by atoms with Gasteiger partial charge < -0.3 is 31.0 Å². The molecule has 0 aliphatic carbocycles. The van der Waals surface area contributed by atoms with Crippen LogP contribution in [0.1, 0.15) is 13.8 Å². The van der Waals surface area contributed by atoms with E-state index in [1.54, 1.807) is 38.1 Å². The average Bonchev–Trinajstić information content (AvgIpc) is 2.62. The van der Waals surface area contributed by atoms with Crippen LogP contribution in [0, 0.1) is 5.92 Å². The van der Waals surface area contributed by atoms with Crippen LogP contribution < -0.4 is 26.0 Å². The molecule has 2 rings (SSSR count). The van der Waals surface area contributed by atoms with E-state index in [4.69, 9.17) is 5.11 Å². The summed E-state index contributed by atoms with van der Waals surface area (Å²) in [7, 11) is 0. The second kappa shape index (κ2) is 8.49. The summed E-state index contributed by atoms with van der Waals surface area (Å²) < 4.78 is 0. The number of fused-ring (bicyclic) bond motifs is 1. The number of nitrogens with zero attached hydrogens (tertiary/aromatic N) is 1. The summed E-state index contributed by atoms with van der Waals surface area (Å²) in [5.41, 5.74) is 0.937. The summed E-state index contributed by atoms with van der Waals surface area (Å²) in [6, 6.07) is 3.36. The third-order valence-electron chi connectivity index (χ3n) is 4.03. The van der Waals surface area contributed by atoms with Crippen LogP contribution in [-0.4, -0.2) is 54.2 Å². The van der Waals surface area contributed by atoms with E-state index in [1.165, 1.54) is 4.90 Å². The Bertz CT molecular complexity index is 751. The summed E-state index contributed by atoms with van der Waals surface area (Å²) in [5.74, 6) is -3.19. The lowest BCUT2D eigenvalue weighted by Crippen LogP contribution is -2.59. The van der Waals surface area contributed by atoms with E-state index in [0.29, 0.717) is 11.4 Å². The Kier molecular flexibility index (Phi) is 6.35. The molecular formula is C17H21N4O6-. The van der Waals surface area contributed by atoms with Crippen LogP contribution in [0.3, 0.4) is 0 Å². The number of aliphatic carboxylic acids is 1. The van der Waals surface area contributed by atoms with E-state index < -0.39 is 36.6 Å². The number of nitrogens with one attached hydrogen (secondary N) is 3. The monoisotopic (exact) mass is 377 g/mol. The highest BCUT2D eigenvalue weighted by Gasteiger charge is 2.31. The van der Waals surface area contributed by atoms with Crippen LogP contribution in [-0.2, 0) is 14.4 Å². The van der Waals surface area contributed by atoms with Crippen LogP contribution in [0.15, 0.2) is 24.3 Å². The van der Waals surface area contributed by atoms with E-state index >= 15 is 0 Å². The molecule has 2 atom stereocenters. The molecule has 1 aliphatic heterocycles. The number of hydrogen-bond acceptors (Lipinski definition) is 6.